The molecule has 6 rings (SSSR count). The number of benzene rings is 3. The predicted molar refractivity (Wildman–Crippen MR) is 155 cm³/mol. The SMILES string of the molecule is COc1ccc2cc1OCCCN(Cc1cc(OC)c3c(c1)OCO3)CC(=O)NCCc1c([nH]c3ccccc13)C2. The summed E-state index contributed by atoms with van der Waals surface area (Å²) in [6.45, 7) is 2.68. The molecule has 2 aliphatic rings. The molecule has 2 N–H and O–H groups in total. The second-order valence-electron chi connectivity index (χ2n) is 10.3. The Morgan fingerprint density at radius 2 is 1.83 bits per heavy atom. The van der Waals surface area contributed by atoms with Crippen LogP contribution in [0.15, 0.2) is 54.6 Å². The fraction of sp³-hybridized carbons (Fsp3) is 0.344. The van der Waals surface area contributed by atoms with Crippen LogP contribution in [0, 0.1) is 0 Å². The third-order valence-corrected chi connectivity index (χ3v) is 7.58. The summed E-state index contributed by atoms with van der Waals surface area (Å²) in [7, 11) is 3.27. The molecule has 9 heteroatoms. The van der Waals surface area contributed by atoms with Crippen LogP contribution in [0.4, 0.5) is 0 Å². The highest BCUT2D eigenvalue weighted by atomic mass is 16.7. The number of rotatable bonds is 4. The first-order valence-corrected chi connectivity index (χ1v) is 13.9. The fourth-order valence-electron chi connectivity index (χ4n) is 5.64. The van der Waals surface area contributed by atoms with Crippen LogP contribution in [-0.4, -0.2) is 63.0 Å². The van der Waals surface area contributed by atoms with Crippen molar-refractivity contribution in [3.8, 4) is 28.7 Å². The molecule has 0 saturated heterocycles. The van der Waals surface area contributed by atoms with E-state index in [0.29, 0.717) is 49.2 Å². The molecule has 9 nitrogen and oxygen atoms in total. The molecule has 1 amide bonds. The molecule has 2 aliphatic heterocycles. The lowest BCUT2D eigenvalue weighted by Crippen LogP contribution is -2.38. The summed E-state index contributed by atoms with van der Waals surface area (Å²) in [6.07, 6.45) is 2.18. The number of hydrogen-bond donors (Lipinski definition) is 2. The van der Waals surface area contributed by atoms with Gasteiger partial charge in [-0.25, -0.2) is 0 Å². The summed E-state index contributed by atoms with van der Waals surface area (Å²) in [5.41, 5.74) is 5.56. The lowest BCUT2D eigenvalue weighted by atomic mass is 10.0. The lowest BCUT2D eigenvalue weighted by Gasteiger charge is -2.23. The number of para-hydroxylation sites is 1. The van der Waals surface area contributed by atoms with Crippen molar-refractivity contribution < 1.29 is 28.5 Å². The van der Waals surface area contributed by atoms with E-state index in [1.807, 2.05) is 24.3 Å². The third kappa shape index (κ3) is 5.90. The number of fused-ring (bicyclic) bond motifs is 6. The number of nitrogens with zero attached hydrogens (tertiary/aromatic N) is 1. The smallest absolute Gasteiger partial charge is 0.234 e. The Kier molecular flexibility index (Phi) is 7.86. The van der Waals surface area contributed by atoms with E-state index in [2.05, 4.69) is 45.5 Å². The normalized spacial score (nSPS) is 16.1. The molecule has 2 bridgehead atoms. The van der Waals surface area contributed by atoms with Crippen LogP contribution in [0.5, 0.6) is 28.7 Å². The summed E-state index contributed by atoms with van der Waals surface area (Å²) in [5.74, 6) is 3.30. The van der Waals surface area contributed by atoms with Crippen molar-refractivity contribution in [1.82, 2.24) is 15.2 Å². The van der Waals surface area contributed by atoms with Gasteiger partial charge in [0.15, 0.2) is 23.0 Å². The molecule has 4 aromatic rings. The van der Waals surface area contributed by atoms with Crippen molar-refractivity contribution in [3.05, 3.63) is 77.0 Å². The highest BCUT2D eigenvalue weighted by Gasteiger charge is 2.22. The summed E-state index contributed by atoms with van der Waals surface area (Å²) in [6, 6.07) is 18.3. The predicted octanol–water partition coefficient (Wildman–Crippen LogP) is 4.45. The van der Waals surface area contributed by atoms with Crippen molar-refractivity contribution in [3.63, 3.8) is 0 Å². The van der Waals surface area contributed by atoms with Crippen LogP contribution in [0.3, 0.4) is 0 Å². The summed E-state index contributed by atoms with van der Waals surface area (Å²) < 4.78 is 28.5. The van der Waals surface area contributed by atoms with Gasteiger partial charge in [-0.2, -0.15) is 0 Å². The number of methoxy groups -OCH3 is 2. The molecular formula is C32H35N3O6. The molecule has 1 aromatic heterocycles. The Morgan fingerprint density at radius 1 is 0.951 bits per heavy atom. The van der Waals surface area contributed by atoms with Gasteiger partial charge >= 0.3 is 0 Å². The number of H-pyrrole nitrogens is 1. The largest absolute Gasteiger partial charge is 0.493 e. The van der Waals surface area contributed by atoms with E-state index in [-0.39, 0.29) is 19.2 Å². The molecule has 3 heterocycles. The van der Waals surface area contributed by atoms with Gasteiger partial charge in [-0.15, -0.1) is 0 Å². The highest BCUT2D eigenvalue weighted by molar-refractivity contribution is 5.85. The second kappa shape index (κ2) is 12.0. The van der Waals surface area contributed by atoms with Gasteiger partial charge in [-0.05, 0) is 59.9 Å². The van der Waals surface area contributed by atoms with Crippen LogP contribution in [0.2, 0.25) is 0 Å². The average molecular weight is 558 g/mol. The molecule has 0 aliphatic carbocycles. The van der Waals surface area contributed by atoms with E-state index >= 15 is 0 Å². The van der Waals surface area contributed by atoms with Crippen molar-refractivity contribution in [2.75, 3.05) is 47.3 Å². The number of aromatic nitrogens is 1. The number of ether oxygens (including phenoxy) is 5. The summed E-state index contributed by atoms with van der Waals surface area (Å²) in [5, 5.41) is 4.33. The van der Waals surface area contributed by atoms with Crippen LogP contribution in [0.25, 0.3) is 10.9 Å². The van der Waals surface area contributed by atoms with Crippen LogP contribution in [0.1, 0.15) is 28.8 Å². The lowest BCUT2D eigenvalue weighted by molar-refractivity contribution is -0.122. The number of hydrogen-bond acceptors (Lipinski definition) is 7. The third-order valence-electron chi connectivity index (χ3n) is 7.58. The first-order valence-electron chi connectivity index (χ1n) is 13.9. The Morgan fingerprint density at radius 3 is 2.71 bits per heavy atom. The molecule has 0 unspecified atom stereocenters. The molecule has 214 valence electrons. The minimum Gasteiger partial charge on any atom is -0.493 e. The van der Waals surface area contributed by atoms with E-state index < -0.39 is 0 Å². The molecule has 0 atom stereocenters. The zero-order valence-electron chi connectivity index (χ0n) is 23.5. The van der Waals surface area contributed by atoms with E-state index in [4.69, 9.17) is 23.7 Å². The molecule has 0 saturated carbocycles. The van der Waals surface area contributed by atoms with E-state index in [1.54, 1.807) is 14.2 Å². The maximum Gasteiger partial charge on any atom is 0.234 e. The number of aromatic amines is 1. The molecule has 3 aromatic carbocycles. The van der Waals surface area contributed by atoms with Crippen LogP contribution < -0.4 is 29.0 Å². The monoisotopic (exact) mass is 557 g/mol. The quantitative estimate of drug-likeness (QED) is 0.383. The molecular weight excluding hydrogens is 522 g/mol. The van der Waals surface area contributed by atoms with Crippen molar-refractivity contribution in [2.24, 2.45) is 0 Å². The van der Waals surface area contributed by atoms with Crippen molar-refractivity contribution in [1.29, 1.82) is 0 Å². The van der Waals surface area contributed by atoms with Gasteiger partial charge in [0.05, 0.1) is 27.4 Å². The van der Waals surface area contributed by atoms with E-state index in [1.165, 1.54) is 10.9 Å². The van der Waals surface area contributed by atoms with Crippen molar-refractivity contribution >= 4 is 16.8 Å². The van der Waals surface area contributed by atoms with Crippen molar-refractivity contribution in [2.45, 2.75) is 25.8 Å². The maximum absolute atomic E-state index is 13.1. The number of carbonyl (C=O) groups is 1. The van der Waals surface area contributed by atoms with Gasteiger partial charge in [0.2, 0.25) is 18.4 Å². The second-order valence-corrected chi connectivity index (χ2v) is 10.3. The fourth-order valence-corrected chi connectivity index (χ4v) is 5.64. The molecule has 0 radical (unpaired) electrons. The van der Waals surface area contributed by atoms with Gasteiger partial charge in [0, 0.05) is 42.7 Å². The number of carbonyl (C=O) groups excluding carboxylic acids is 1. The van der Waals surface area contributed by atoms with Gasteiger partial charge < -0.3 is 34.0 Å². The zero-order chi connectivity index (χ0) is 28.2. The highest BCUT2D eigenvalue weighted by Crippen LogP contribution is 2.42. The molecule has 41 heavy (non-hydrogen) atoms. The van der Waals surface area contributed by atoms with Gasteiger partial charge in [0.1, 0.15) is 0 Å². The van der Waals surface area contributed by atoms with E-state index in [0.717, 1.165) is 47.3 Å². The molecule has 0 fully saturated rings. The minimum absolute atomic E-state index is 0.0148. The number of nitrogens with one attached hydrogen (secondary N) is 2. The van der Waals surface area contributed by atoms with Gasteiger partial charge in [-0.3, -0.25) is 9.69 Å². The Balaban J connectivity index is 1.27. The first-order chi connectivity index (χ1) is 20.1. The van der Waals surface area contributed by atoms with Gasteiger partial charge in [-0.1, -0.05) is 24.3 Å². The standard InChI is InChI=1S/C32H35N3O6/c1-37-27-9-8-21-14-26-24(23-6-3-4-7-25(23)34-26)10-11-33-31(36)19-35(12-5-13-39-28(27)15-21)18-22-16-29(38-2)32-30(17-22)40-20-41-32/h3-4,6-9,15-17,34H,5,10-14,18-20H2,1-2H3,(H,33,36). The summed E-state index contributed by atoms with van der Waals surface area (Å²) >= 11 is 0. The van der Waals surface area contributed by atoms with E-state index in [9.17, 15) is 4.79 Å². The zero-order valence-corrected chi connectivity index (χ0v) is 23.5. The molecule has 0 spiro atoms. The summed E-state index contributed by atoms with van der Waals surface area (Å²) in [4.78, 5) is 18.9. The topological polar surface area (TPSA) is 94.3 Å². The maximum atomic E-state index is 13.1. The Labute approximate surface area is 239 Å². The minimum atomic E-state index is -0.0148. The Bertz CT molecular complexity index is 1550. The van der Waals surface area contributed by atoms with Gasteiger partial charge in [0.25, 0.3) is 0 Å². The average Bonchev–Trinajstić information content (AvgIpc) is 3.59. The first kappa shape index (κ1) is 26.8. The van der Waals surface area contributed by atoms with Crippen LogP contribution >= 0.6 is 0 Å². The van der Waals surface area contributed by atoms with Crippen LogP contribution in [-0.2, 0) is 24.2 Å². The Hall–Kier alpha value is -4.37. The number of amides is 1.